The molecule has 1 N–H and O–H groups in total. The van der Waals surface area contributed by atoms with Crippen LogP contribution in [0.3, 0.4) is 0 Å². The summed E-state index contributed by atoms with van der Waals surface area (Å²) in [6.45, 7) is 2.82. The predicted molar refractivity (Wildman–Crippen MR) is 93.7 cm³/mol. The highest BCUT2D eigenvalue weighted by Crippen LogP contribution is 2.18. The largest absolute Gasteiger partial charge is 0.376 e. The molecule has 2 aliphatic rings. The van der Waals surface area contributed by atoms with Gasteiger partial charge < -0.3 is 15.0 Å². The highest BCUT2D eigenvalue weighted by Gasteiger charge is 2.25. The average molecular weight is 357 g/mol. The van der Waals surface area contributed by atoms with Gasteiger partial charge in [0, 0.05) is 32.2 Å². The first-order valence-corrected chi connectivity index (χ1v) is 8.58. The van der Waals surface area contributed by atoms with Crippen molar-refractivity contribution in [3.05, 3.63) is 35.6 Å². The van der Waals surface area contributed by atoms with Crippen LogP contribution in [0.4, 0.5) is 4.39 Å². The van der Waals surface area contributed by atoms with Gasteiger partial charge in [-0.15, -0.1) is 12.4 Å². The molecule has 1 amide bonds. The second kappa shape index (κ2) is 9.35. The van der Waals surface area contributed by atoms with Crippen LogP contribution >= 0.6 is 12.4 Å². The highest BCUT2D eigenvalue weighted by molar-refractivity contribution is 5.85. The van der Waals surface area contributed by atoms with Gasteiger partial charge in [0.25, 0.3) is 0 Å². The van der Waals surface area contributed by atoms with Gasteiger partial charge in [0.2, 0.25) is 5.91 Å². The molecule has 24 heavy (non-hydrogen) atoms. The standard InChI is InChI=1S/C18H25FN2O2.ClH/c19-15-5-1-4-14(10-15)12-21(13-17-7-3-9-23-17)18(22)11-16-6-2-8-20-16;/h1,4-5,10,16-17,20H,2-3,6-9,11-13H2;1H. The maximum atomic E-state index is 13.4. The molecule has 0 radical (unpaired) electrons. The molecular weight excluding hydrogens is 331 g/mol. The fourth-order valence-corrected chi connectivity index (χ4v) is 3.42. The highest BCUT2D eigenvalue weighted by atomic mass is 35.5. The lowest BCUT2D eigenvalue weighted by atomic mass is 10.1. The number of halogens is 2. The van der Waals surface area contributed by atoms with E-state index >= 15 is 0 Å². The van der Waals surface area contributed by atoms with Gasteiger partial charge in [-0.2, -0.15) is 0 Å². The van der Waals surface area contributed by atoms with Crippen molar-refractivity contribution < 1.29 is 13.9 Å². The van der Waals surface area contributed by atoms with Gasteiger partial charge in [-0.3, -0.25) is 4.79 Å². The van der Waals surface area contributed by atoms with Crippen molar-refractivity contribution in [2.24, 2.45) is 0 Å². The van der Waals surface area contributed by atoms with E-state index in [2.05, 4.69) is 5.32 Å². The topological polar surface area (TPSA) is 41.6 Å². The molecule has 1 aromatic carbocycles. The molecule has 0 aliphatic carbocycles. The minimum absolute atomic E-state index is 0. The fourth-order valence-electron chi connectivity index (χ4n) is 3.42. The molecule has 2 fully saturated rings. The SMILES string of the molecule is Cl.O=C(CC1CCCN1)N(Cc1cccc(F)c1)CC1CCCO1. The van der Waals surface area contributed by atoms with Crippen molar-refractivity contribution in [3.63, 3.8) is 0 Å². The Kier molecular flexibility index (Phi) is 7.46. The molecule has 0 bridgehead atoms. The summed E-state index contributed by atoms with van der Waals surface area (Å²) >= 11 is 0. The summed E-state index contributed by atoms with van der Waals surface area (Å²) in [6.07, 6.45) is 4.87. The van der Waals surface area contributed by atoms with Crippen molar-refractivity contribution in [2.75, 3.05) is 19.7 Å². The number of benzene rings is 1. The maximum Gasteiger partial charge on any atom is 0.224 e. The number of hydrogen-bond acceptors (Lipinski definition) is 3. The monoisotopic (exact) mass is 356 g/mol. The minimum Gasteiger partial charge on any atom is -0.376 e. The Bertz CT molecular complexity index is 532. The third kappa shape index (κ3) is 5.43. The van der Waals surface area contributed by atoms with Crippen LogP contribution in [0.1, 0.15) is 37.7 Å². The van der Waals surface area contributed by atoms with E-state index < -0.39 is 0 Å². The first-order chi connectivity index (χ1) is 11.2. The van der Waals surface area contributed by atoms with Crippen LogP contribution in [0.2, 0.25) is 0 Å². The third-order valence-electron chi connectivity index (χ3n) is 4.65. The zero-order valence-corrected chi connectivity index (χ0v) is 14.7. The molecule has 2 atom stereocenters. The number of rotatable bonds is 6. The van der Waals surface area contributed by atoms with Crippen LogP contribution in [0.5, 0.6) is 0 Å². The van der Waals surface area contributed by atoms with Crippen molar-refractivity contribution in [1.82, 2.24) is 10.2 Å². The molecule has 0 aromatic heterocycles. The summed E-state index contributed by atoms with van der Waals surface area (Å²) in [4.78, 5) is 14.6. The molecule has 0 saturated carbocycles. The molecule has 2 unspecified atom stereocenters. The summed E-state index contributed by atoms with van der Waals surface area (Å²) in [5, 5.41) is 3.37. The van der Waals surface area contributed by atoms with Gasteiger partial charge >= 0.3 is 0 Å². The van der Waals surface area contributed by atoms with Crippen LogP contribution in [-0.2, 0) is 16.1 Å². The normalized spacial score (nSPS) is 23.0. The lowest BCUT2D eigenvalue weighted by Crippen LogP contribution is -2.39. The Hall–Kier alpha value is -1.17. The average Bonchev–Trinajstić information content (AvgIpc) is 3.20. The van der Waals surface area contributed by atoms with Gasteiger partial charge in [-0.25, -0.2) is 4.39 Å². The Morgan fingerprint density at radius 3 is 2.88 bits per heavy atom. The molecule has 3 rings (SSSR count). The van der Waals surface area contributed by atoms with Crippen molar-refractivity contribution in [2.45, 2.75) is 50.8 Å². The van der Waals surface area contributed by atoms with Gasteiger partial charge in [0.1, 0.15) is 5.82 Å². The molecule has 2 heterocycles. The molecule has 0 spiro atoms. The van der Waals surface area contributed by atoms with Gasteiger partial charge in [-0.1, -0.05) is 12.1 Å². The van der Waals surface area contributed by atoms with Crippen molar-refractivity contribution in [3.8, 4) is 0 Å². The molecule has 4 nitrogen and oxygen atoms in total. The molecule has 2 saturated heterocycles. The van der Waals surface area contributed by atoms with E-state index in [9.17, 15) is 9.18 Å². The Morgan fingerprint density at radius 1 is 1.33 bits per heavy atom. The number of carbonyl (C=O) groups is 1. The number of amides is 1. The molecule has 6 heteroatoms. The first kappa shape index (κ1) is 19.2. The maximum absolute atomic E-state index is 13.4. The summed E-state index contributed by atoms with van der Waals surface area (Å²) in [5.41, 5.74) is 0.829. The number of ether oxygens (including phenoxy) is 1. The zero-order chi connectivity index (χ0) is 16.1. The molecule has 1 aromatic rings. The second-order valence-electron chi connectivity index (χ2n) is 6.54. The molecule has 134 valence electrons. The van der Waals surface area contributed by atoms with Crippen LogP contribution in [0.25, 0.3) is 0 Å². The first-order valence-electron chi connectivity index (χ1n) is 8.58. The van der Waals surface area contributed by atoms with Crippen LogP contribution in [0, 0.1) is 5.82 Å². The Labute approximate surface area is 149 Å². The van der Waals surface area contributed by atoms with E-state index in [0.29, 0.717) is 19.5 Å². The second-order valence-corrected chi connectivity index (χ2v) is 6.54. The van der Waals surface area contributed by atoms with Crippen LogP contribution in [0.15, 0.2) is 24.3 Å². The fraction of sp³-hybridized carbons (Fsp3) is 0.611. The summed E-state index contributed by atoms with van der Waals surface area (Å²) in [7, 11) is 0. The third-order valence-corrected chi connectivity index (χ3v) is 4.65. The van der Waals surface area contributed by atoms with Gasteiger partial charge in [0.05, 0.1) is 6.10 Å². The van der Waals surface area contributed by atoms with E-state index in [0.717, 1.165) is 44.4 Å². The Morgan fingerprint density at radius 2 is 2.21 bits per heavy atom. The van der Waals surface area contributed by atoms with Gasteiger partial charge in [-0.05, 0) is 49.9 Å². The summed E-state index contributed by atoms with van der Waals surface area (Å²) in [6, 6.07) is 6.77. The van der Waals surface area contributed by atoms with E-state index in [1.807, 2.05) is 11.0 Å². The summed E-state index contributed by atoms with van der Waals surface area (Å²) in [5.74, 6) is -0.131. The van der Waals surface area contributed by atoms with E-state index in [1.165, 1.54) is 12.1 Å². The van der Waals surface area contributed by atoms with Crippen LogP contribution in [-0.4, -0.2) is 42.6 Å². The lowest BCUT2D eigenvalue weighted by molar-refractivity contribution is -0.133. The lowest BCUT2D eigenvalue weighted by Gasteiger charge is -2.27. The van der Waals surface area contributed by atoms with Crippen molar-refractivity contribution in [1.29, 1.82) is 0 Å². The number of carbonyl (C=O) groups excluding carboxylic acids is 1. The number of nitrogens with zero attached hydrogens (tertiary/aromatic N) is 1. The Balaban J connectivity index is 0.00000208. The van der Waals surface area contributed by atoms with E-state index in [1.54, 1.807) is 6.07 Å². The van der Waals surface area contributed by atoms with Crippen LogP contribution < -0.4 is 5.32 Å². The van der Waals surface area contributed by atoms with Crippen molar-refractivity contribution >= 4 is 18.3 Å². The predicted octanol–water partition coefficient (Wildman–Crippen LogP) is 2.90. The van der Waals surface area contributed by atoms with E-state index in [-0.39, 0.29) is 36.3 Å². The molecular formula is C18H26ClFN2O2. The van der Waals surface area contributed by atoms with Gasteiger partial charge in [0.15, 0.2) is 0 Å². The zero-order valence-electron chi connectivity index (χ0n) is 13.9. The number of nitrogens with one attached hydrogen (secondary N) is 1. The summed E-state index contributed by atoms with van der Waals surface area (Å²) < 4.78 is 19.1. The minimum atomic E-state index is -0.260. The number of hydrogen-bond donors (Lipinski definition) is 1. The smallest absolute Gasteiger partial charge is 0.224 e. The van der Waals surface area contributed by atoms with E-state index in [4.69, 9.17) is 4.74 Å². The molecule has 2 aliphatic heterocycles. The quantitative estimate of drug-likeness (QED) is 0.852.